The summed E-state index contributed by atoms with van der Waals surface area (Å²) < 4.78 is 31.6. The van der Waals surface area contributed by atoms with Crippen molar-refractivity contribution in [3.63, 3.8) is 0 Å². The molecule has 0 atom stereocenters. The number of hydrogen-bond acceptors (Lipinski definition) is 5. The van der Waals surface area contributed by atoms with Crippen molar-refractivity contribution >= 4 is 6.47 Å². The summed E-state index contributed by atoms with van der Waals surface area (Å²) in [7, 11) is 1.86. The second kappa shape index (κ2) is 7.92. The van der Waals surface area contributed by atoms with Gasteiger partial charge >= 0.3 is 0 Å². The first-order chi connectivity index (χ1) is 11.4. The van der Waals surface area contributed by atoms with Gasteiger partial charge in [-0.25, -0.2) is 13.8 Å². The molecule has 2 rings (SSSR count). The average Bonchev–Trinajstić information content (AvgIpc) is 2.55. The Morgan fingerprint density at radius 2 is 2.12 bits per heavy atom. The fraction of sp³-hybridized carbons (Fsp3) is 0.353. The van der Waals surface area contributed by atoms with Crippen LogP contribution in [0.3, 0.4) is 0 Å². The quantitative estimate of drug-likeness (QED) is 0.548. The van der Waals surface area contributed by atoms with E-state index in [-0.39, 0.29) is 5.56 Å². The van der Waals surface area contributed by atoms with E-state index in [9.17, 15) is 13.6 Å². The van der Waals surface area contributed by atoms with Crippen LogP contribution < -0.4 is 0 Å². The lowest BCUT2D eigenvalue weighted by Crippen LogP contribution is -2.23. The Balaban J connectivity index is 2.14. The van der Waals surface area contributed by atoms with E-state index >= 15 is 0 Å². The summed E-state index contributed by atoms with van der Waals surface area (Å²) in [5.41, 5.74) is 1.77. The van der Waals surface area contributed by atoms with Gasteiger partial charge in [-0.2, -0.15) is 0 Å². The summed E-state index contributed by atoms with van der Waals surface area (Å²) in [6.45, 7) is 2.63. The minimum atomic E-state index is -2.90. The van der Waals surface area contributed by atoms with Crippen molar-refractivity contribution in [2.45, 2.75) is 19.4 Å². The van der Waals surface area contributed by atoms with Crippen molar-refractivity contribution in [2.75, 3.05) is 20.2 Å². The number of hydrogen-bond donors (Lipinski definition) is 0. The first-order valence-electron chi connectivity index (χ1n) is 7.43. The summed E-state index contributed by atoms with van der Waals surface area (Å²) in [6.07, 6.45) is 3.17. The van der Waals surface area contributed by atoms with Crippen LogP contribution in [0.4, 0.5) is 8.78 Å². The lowest BCUT2D eigenvalue weighted by Gasteiger charge is -2.15. The van der Waals surface area contributed by atoms with Crippen molar-refractivity contribution in [3.05, 3.63) is 47.9 Å². The number of carbonyl (C=O) groups excluding carboxylic acids is 1. The Morgan fingerprint density at radius 1 is 1.33 bits per heavy atom. The number of aromatic nitrogens is 2. The van der Waals surface area contributed by atoms with Crippen LogP contribution in [0.5, 0.6) is 0 Å². The Kier molecular flexibility index (Phi) is 5.92. The van der Waals surface area contributed by atoms with Crippen LogP contribution >= 0.6 is 0 Å². The Hall–Kier alpha value is -2.41. The van der Waals surface area contributed by atoms with Crippen molar-refractivity contribution in [2.24, 2.45) is 0 Å². The fourth-order valence-corrected chi connectivity index (χ4v) is 2.19. The highest BCUT2D eigenvalue weighted by Gasteiger charge is 2.24. The highest BCUT2D eigenvalue weighted by molar-refractivity contribution is 5.59. The summed E-state index contributed by atoms with van der Waals surface area (Å²) in [5.74, 6) is -2.90. The fourth-order valence-electron chi connectivity index (χ4n) is 2.19. The Bertz CT molecular complexity index is 690. The van der Waals surface area contributed by atoms with E-state index in [1.807, 2.05) is 11.9 Å². The van der Waals surface area contributed by atoms with E-state index in [0.29, 0.717) is 43.1 Å². The molecule has 0 spiro atoms. The van der Waals surface area contributed by atoms with Crippen LogP contribution in [-0.2, 0) is 22.0 Å². The minimum absolute atomic E-state index is 0.0599. The lowest BCUT2D eigenvalue weighted by molar-refractivity contribution is -0.129. The van der Waals surface area contributed by atoms with Crippen LogP contribution in [0.15, 0.2) is 36.7 Å². The van der Waals surface area contributed by atoms with Crippen molar-refractivity contribution in [3.8, 4) is 11.3 Å². The van der Waals surface area contributed by atoms with E-state index in [4.69, 9.17) is 0 Å². The summed E-state index contributed by atoms with van der Waals surface area (Å²) in [5, 5.41) is 0. The van der Waals surface area contributed by atoms with Gasteiger partial charge in [-0.3, -0.25) is 14.7 Å². The summed E-state index contributed by atoms with van der Waals surface area (Å²) >= 11 is 0. The van der Waals surface area contributed by atoms with E-state index in [2.05, 4.69) is 14.7 Å². The molecule has 0 aliphatic carbocycles. The number of rotatable bonds is 8. The number of ether oxygens (including phenoxy) is 1. The molecule has 7 heteroatoms. The zero-order valence-corrected chi connectivity index (χ0v) is 13.6. The van der Waals surface area contributed by atoms with Crippen LogP contribution in [0.2, 0.25) is 0 Å². The monoisotopic (exact) mass is 335 g/mol. The van der Waals surface area contributed by atoms with Crippen molar-refractivity contribution in [1.29, 1.82) is 0 Å². The lowest BCUT2D eigenvalue weighted by atomic mass is 10.0. The van der Waals surface area contributed by atoms with E-state index in [0.717, 1.165) is 6.92 Å². The molecule has 128 valence electrons. The van der Waals surface area contributed by atoms with Gasteiger partial charge in [0.05, 0.1) is 17.6 Å². The smallest absolute Gasteiger partial charge is 0.293 e. The standard InChI is InChI=1S/C17H19F2N3O2/c1-17(18,19)14-5-3-4-13(8-14)16-10-20-9-15(21-16)11-22(2)6-7-24-12-23/h3-5,8-10,12H,6-7,11H2,1-2H3. The van der Waals surface area contributed by atoms with Crippen LogP contribution in [-0.4, -0.2) is 41.5 Å². The molecule has 0 aliphatic heterocycles. The van der Waals surface area contributed by atoms with E-state index in [1.165, 1.54) is 12.1 Å². The second-order valence-corrected chi connectivity index (χ2v) is 5.57. The van der Waals surface area contributed by atoms with Gasteiger partial charge in [-0.15, -0.1) is 0 Å². The molecule has 1 aromatic carbocycles. The average molecular weight is 335 g/mol. The maximum atomic E-state index is 13.5. The second-order valence-electron chi connectivity index (χ2n) is 5.57. The third-order valence-corrected chi connectivity index (χ3v) is 3.44. The molecule has 0 radical (unpaired) electrons. The zero-order valence-electron chi connectivity index (χ0n) is 13.6. The third-order valence-electron chi connectivity index (χ3n) is 3.44. The molecule has 1 aromatic heterocycles. The summed E-state index contributed by atoms with van der Waals surface area (Å²) in [4.78, 5) is 20.7. The summed E-state index contributed by atoms with van der Waals surface area (Å²) in [6, 6.07) is 6.13. The van der Waals surface area contributed by atoms with E-state index in [1.54, 1.807) is 24.5 Å². The number of carbonyl (C=O) groups is 1. The molecule has 2 aromatic rings. The molecular weight excluding hydrogens is 316 g/mol. The molecule has 24 heavy (non-hydrogen) atoms. The van der Waals surface area contributed by atoms with Gasteiger partial charge < -0.3 is 4.74 Å². The molecule has 0 bridgehead atoms. The molecular formula is C17H19F2N3O2. The van der Waals surface area contributed by atoms with Crippen molar-refractivity contribution in [1.82, 2.24) is 14.9 Å². The highest BCUT2D eigenvalue weighted by Crippen LogP contribution is 2.29. The first kappa shape index (κ1) is 17.9. The van der Waals surface area contributed by atoms with E-state index < -0.39 is 5.92 Å². The van der Waals surface area contributed by atoms with Crippen molar-refractivity contribution < 1.29 is 18.3 Å². The molecule has 0 unspecified atom stereocenters. The number of alkyl halides is 2. The Morgan fingerprint density at radius 3 is 2.83 bits per heavy atom. The van der Waals surface area contributed by atoms with Crippen LogP contribution in [0.1, 0.15) is 18.2 Å². The maximum absolute atomic E-state index is 13.5. The topological polar surface area (TPSA) is 55.3 Å². The van der Waals surface area contributed by atoms with Crippen LogP contribution in [0.25, 0.3) is 11.3 Å². The number of halogens is 2. The largest absolute Gasteiger partial charge is 0.467 e. The zero-order chi connectivity index (χ0) is 17.6. The van der Waals surface area contributed by atoms with Gasteiger partial charge in [-0.1, -0.05) is 18.2 Å². The molecule has 0 saturated carbocycles. The molecule has 0 saturated heterocycles. The molecule has 5 nitrogen and oxygen atoms in total. The molecule has 0 aliphatic rings. The minimum Gasteiger partial charge on any atom is -0.467 e. The van der Waals surface area contributed by atoms with Gasteiger partial charge in [0.2, 0.25) is 0 Å². The van der Waals surface area contributed by atoms with Gasteiger partial charge in [0.1, 0.15) is 6.61 Å². The first-order valence-corrected chi connectivity index (χ1v) is 7.43. The number of nitrogens with zero attached hydrogens (tertiary/aromatic N) is 3. The van der Waals surface area contributed by atoms with Gasteiger partial charge in [0.15, 0.2) is 0 Å². The molecule has 0 N–H and O–H groups in total. The normalized spacial score (nSPS) is 11.5. The third kappa shape index (κ3) is 5.06. The highest BCUT2D eigenvalue weighted by atomic mass is 19.3. The van der Waals surface area contributed by atoms with Gasteiger partial charge in [0, 0.05) is 37.3 Å². The van der Waals surface area contributed by atoms with Gasteiger partial charge in [-0.05, 0) is 13.1 Å². The SMILES string of the molecule is CN(CCOC=O)Cc1cncc(-c2cccc(C(C)(F)F)c2)n1. The molecule has 0 amide bonds. The predicted octanol–water partition coefficient (Wildman–Crippen LogP) is 2.86. The van der Waals surface area contributed by atoms with Crippen LogP contribution in [0, 0.1) is 0 Å². The predicted molar refractivity (Wildman–Crippen MR) is 85.4 cm³/mol. The number of likely N-dealkylation sites (N-methyl/N-ethyl adjacent to an activating group) is 1. The molecule has 0 fully saturated rings. The molecule has 1 heterocycles. The number of benzene rings is 1. The maximum Gasteiger partial charge on any atom is 0.293 e. The Labute approximate surface area is 139 Å². The van der Waals surface area contributed by atoms with Gasteiger partial charge in [0.25, 0.3) is 12.4 Å².